The lowest BCUT2D eigenvalue weighted by molar-refractivity contribution is -0.122. The number of para-hydroxylation sites is 1. The van der Waals surface area contributed by atoms with Crippen molar-refractivity contribution in [2.45, 2.75) is 12.3 Å². The van der Waals surface area contributed by atoms with E-state index in [1.807, 2.05) is 24.3 Å². The molecule has 0 radical (unpaired) electrons. The van der Waals surface area contributed by atoms with Gasteiger partial charge in [0.05, 0.1) is 7.11 Å². The molecule has 1 aromatic carbocycles. The van der Waals surface area contributed by atoms with Crippen LogP contribution in [0.4, 0.5) is 0 Å². The van der Waals surface area contributed by atoms with Crippen LogP contribution in [0, 0.1) is 5.92 Å². The lowest BCUT2D eigenvalue weighted by atomic mass is 10.1. The van der Waals surface area contributed by atoms with Gasteiger partial charge in [-0.1, -0.05) is 18.2 Å². The Morgan fingerprint density at radius 3 is 2.89 bits per heavy atom. The van der Waals surface area contributed by atoms with Crippen LogP contribution in [-0.2, 0) is 15.6 Å². The number of nitrogens with one attached hydrogen (secondary N) is 1. The summed E-state index contributed by atoms with van der Waals surface area (Å²) in [7, 11) is 0.786. The standard InChI is InChI=1S/C14H19NO3S/c1-18-13-6-4-3-5-10(13)11-9-12(11)14(16)15-7-8-19(2)17/h3-6,11-12H,7-9H2,1-2H3,(H,15,16). The minimum atomic E-state index is -0.859. The third-order valence-corrected chi connectivity index (χ3v) is 4.13. The van der Waals surface area contributed by atoms with E-state index in [4.69, 9.17) is 4.74 Å². The van der Waals surface area contributed by atoms with Gasteiger partial charge < -0.3 is 10.1 Å². The summed E-state index contributed by atoms with van der Waals surface area (Å²) in [6.45, 7) is 0.483. The van der Waals surface area contributed by atoms with Gasteiger partial charge in [-0.25, -0.2) is 0 Å². The van der Waals surface area contributed by atoms with E-state index in [1.54, 1.807) is 13.4 Å². The molecule has 0 spiro atoms. The molecule has 0 bridgehead atoms. The van der Waals surface area contributed by atoms with Gasteiger partial charge in [-0.05, 0) is 24.0 Å². The van der Waals surface area contributed by atoms with E-state index in [0.29, 0.717) is 12.3 Å². The number of benzene rings is 1. The van der Waals surface area contributed by atoms with E-state index in [9.17, 15) is 9.00 Å². The average molecular weight is 281 g/mol. The number of hydrogen-bond acceptors (Lipinski definition) is 3. The highest BCUT2D eigenvalue weighted by Gasteiger charge is 2.44. The molecule has 3 unspecified atom stereocenters. The van der Waals surface area contributed by atoms with Crippen LogP contribution in [0.2, 0.25) is 0 Å². The van der Waals surface area contributed by atoms with Crippen molar-refractivity contribution in [1.82, 2.24) is 5.32 Å². The first-order valence-corrected chi connectivity index (χ1v) is 8.07. The van der Waals surface area contributed by atoms with Gasteiger partial charge in [0.25, 0.3) is 0 Å². The van der Waals surface area contributed by atoms with E-state index >= 15 is 0 Å². The molecular formula is C14H19NO3S. The molecule has 0 saturated heterocycles. The van der Waals surface area contributed by atoms with Gasteiger partial charge in [0, 0.05) is 35.3 Å². The number of carbonyl (C=O) groups is 1. The topological polar surface area (TPSA) is 55.4 Å². The van der Waals surface area contributed by atoms with Crippen molar-refractivity contribution in [3.63, 3.8) is 0 Å². The van der Waals surface area contributed by atoms with Crippen molar-refractivity contribution >= 4 is 16.7 Å². The van der Waals surface area contributed by atoms with Crippen LogP contribution < -0.4 is 10.1 Å². The Kier molecular flexibility index (Phi) is 4.58. The molecule has 0 heterocycles. The van der Waals surface area contributed by atoms with E-state index < -0.39 is 10.8 Å². The summed E-state index contributed by atoms with van der Waals surface area (Å²) in [6, 6.07) is 7.82. The molecule has 4 nitrogen and oxygen atoms in total. The third-order valence-electron chi connectivity index (χ3n) is 3.35. The number of ether oxygens (including phenoxy) is 1. The van der Waals surface area contributed by atoms with Crippen molar-refractivity contribution in [2.75, 3.05) is 25.7 Å². The molecule has 1 fully saturated rings. The summed E-state index contributed by atoms with van der Waals surface area (Å²) in [4.78, 5) is 11.9. The fourth-order valence-corrected chi connectivity index (χ4v) is 2.64. The first kappa shape index (κ1) is 14.1. The van der Waals surface area contributed by atoms with E-state index in [0.717, 1.165) is 17.7 Å². The SMILES string of the molecule is COc1ccccc1C1CC1C(=O)NCCS(C)=O. The number of amides is 1. The maximum Gasteiger partial charge on any atom is 0.223 e. The molecule has 0 aromatic heterocycles. The number of rotatable bonds is 6. The predicted molar refractivity (Wildman–Crippen MR) is 75.8 cm³/mol. The fourth-order valence-electron chi connectivity index (χ4n) is 2.25. The molecule has 3 atom stereocenters. The van der Waals surface area contributed by atoms with Crippen molar-refractivity contribution in [3.05, 3.63) is 29.8 Å². The maximum absolute atomic E-state index is 11.9. The number of methoxy groups -OCH3 is 1. The molecule has 19 heavy (non-hydrogen) atoms. The Bertz CT molecular complexity index is 489. The summed E-state index contributed by atoms with van der Waals surface area (Å²) in [5.74, 6) is 1.70. The smallest absolute Gasteiger partial charge is 0.223 e. The second-order valence-electron chi connectivity index (χ2n) is 4.76. The average Bonchev–Trinajstić information content (AvgIpc) is 3.18. The molecule has 1 aromatic rings. The summed E-state index contributed by atoms with van der Waals surface area (Å²) in [5, 5.41) is 2.84. The van der Waals surface area contributed by atoms with Crippen LogP contribution in [0.15, 0.2) is 24.3 Å². The Morgan fingerprint density at radius 2 is 2.21 bits per heavy atom. The molecule has 1 aliphatic carbocycles. The fraction of sp³-hybridized carbons (Fsp3) is 0.500. The van der Waals surface area contributed by atoms with Gasteiger partial charge in [0.15, 0.2) is 0 Å². The van der Waals surface area contributed by atoms with Crippen LogP contribution >= 0.6 is 0 Å². The van der Waals surface area contributed by atoms with E-state index in [-0.39, 0.29) is 17.7 Å². The molecule has 1 aliphatic rings. The summed E-state index contributed by atoms with van der Waals surface area (Å²) in [6.07, 6.45) is 2.50. The van der Waals surface area contributed by atoms with Crippen LogP contribution in [-0.4, -0.2) is 35.8 Å². The lowest BCUT2D eigenvalue weighted by Crippen LogP contribution is -2.29. The molecule has 1 amide bonds. The second-order valence-corrected chi connectivity index (χ2v) is 6.31. The Balaban J connectivity index is 1.89. The predicted octanol–water partition coefficient (Wildman–Crippen LogP) is 1.29. The quantitative estimate of drug-likeness (QED) is 0.855. The Hall–Kier alpha value is -1.36. The van der Waals surface area contributed by atoms with E-state index in [1.165, 1.54) is 0 Å². The monoisotopic (exact) mass is 281 g/mol. The van der Waals surface area contributed by atoms with Crippen molar-refractivity contribution in [2.24, 2.45) is 5.92 Å². The van der Waals surface area contributed by atoms with Gasteiger partial charge in [0.1, 0.15) is 5.75 Å². The Morgan fingerprint density at radius 1 is 1.47 bits per heavy atom. The van der Waals surface area contributed by atoms with Crippen LogP contribution in [0.3, 0.4) is 0 Å². The maximum atomic E-state index is 11.9. The highest BCUT2D eigenvalue weighted by atomic mass is 32.2. The minimum absolute atomic E-state index is 0.0293. The largest absolute Gasteiger partial charge is 0.496 e. The van der Waals surface area contributed by atoms with Crippen molar-refractivity contribution in [1.29, 1.82) is 0 Å². The third kappa shape index (κ3) is 3.56. The Labute approximate surface area is 116 Å². The highest BCUT2D eigenvalue weighted by molar-refractivity contribution is 7.84. The molecule has 0 aliphatic heterocycles. The summed E-state index contributed by atoms with van der Waals surface area (Å²) < 4.78 is 16.2. The first-order valence-electron chi connectivity index (χ1n) is 6.34. The number of carbonyl (C=O) groups excluding carboxylic acids is 1. The molecule has 1 N–H and O–H groups in total. The normalized spacial score (nSPS) is 22.6. The van der Waals surface area contributed by atoms with Gasteiger partial charge in [-0.2, -0.15) is 0 Å². The zero-order valence-electron chi connectivity index (χ0n) is 11.2. The molecule has 1 saturated carbocycles. The zero-order chi connectivity index (χ0) is 13.8. The van der Waals surface area contributed by atoms with Crippen LogP contribution in [0.1, 0.15) is 17.9 Å². The molecule has 104 valence electrons. The second kappa shape index (κ2) is 6.19. The molecule has 5 heteroatoms. The van der Waals surface area contributed by atoms with E-state index in [2.05, 4.69) is 5.32 Å². The van der Waals surface area contributed by atoms with Gasteiger partial charge in [0.2, 0.25) is 5.91 Å². The summed E-state index contributed by atoms with van der Waals surface area (Å²) in [5.41, 5.74) is 1.10. The first-order chi connectivity index (χ1) is 9.13. The van der Waals surface area contributed by atoms with Crippen LogP contribution in [0.5, 0.6) is 5.75 Å². The summed E-state index contributed by atoms with van der Waals surface area (Å²) >= 11 is 0. The molecule has 2 rings (SSSR count). The number of hydrogen-bond donors (Lipinski definition) is 1. The van der Waals surface area contributed by atoms with Gasteiger partial charge in [-0.15, -0.1) is 0 Å². The minimum Gasteiger partial charge on any atom is -0.496 e. The van der Waals surface area contributed by atoms with Gasteiger partial charge in [-0.3, -0.25) is 9.00 Å². The highest BCUT2D eigenvalue weighted by Crippen LogP contribution is 2.50. The van der Waals surface area contributed by atoms with Crippen molar-refractivity contribution < 1.29 is 13.7 Å². The molecular weight excluding hydrogens is 262 g/mol. The van der Waals surface area contributed by atoms with Crippen molar-refractivity contribution in [3.8, 4) is 5.75 Å². The lowest BCUT2D eigenvalue weighted by Gasteiger charge is -2.08. The van der Waals surface area contributed by atoms with Crippen LogP contribution in [0.25, 0.3) is 0 Å². The zero-order valence-corrected chi connectivity index (χ0v) is 12.0. The van der Waals surface area contributed by atoms with Gasteiger partial charge >= 0.3 is 0 Å².